The summed E-state index contributed by atoms with van der Waals surface area (Å²) < 4.78 is 5.73. The highest BCUT2D eigenvalue weighted by Gasteiger charge is 2.40. The number of phenols is 1. The van der Waals surface area contributed by atoms with Gasteiger partial charge in [0.05, 0.1) is 12.1 Å². The van der Waals surface area contributed by atoms with E-state index >= 15 is 0 Å². The number of fused-ring (bicyclic) bond motifs is 2. The summed E-state index contributed by atoms with van der Waals surface area (Å²) in [7, 11) is 0. The Morgan fingerprint density at radius 3 is 1.69 bits per heavy atom. The molecule has 2 aromatic heterocycles. The van der Waals surface area contributed by atoms with Crippen molar-refractivity contribution in [3.63, 3.8) is 0 Å². The van der Waals surface area contributed by atoms with Crippen molar-refractivity contribution in [2.24, 2.45) is 11.5 Å². The molecule has 0 bridgehead atoms. The Morgan fingerprint density at radius 1 is 0.646 bits per heavy atom. The Bertz CT molecular complexity index is 1940. The molecule has 6 aromatic rings. The van der Waals surface area contributed by atoms with Crippen molar-refractivity contribution in [1.29, 1.82) is 0 Å². The molecule has 0 radical (unpaired) electrons. The van der Waals surface area contributed by atoms with E-state index in [0.29, 0.717) is 5.56 Å². The molecule has 48 heavy (non-hydrogen) atoms. The van der Waals surface area contributed by atoms with Crippen molar-refractivity contribution < 1.29 is 24.2 Å². The van der Waals surface area contributed by atoms with Crippen LogP contribution in [0.1, 0.15) is 22.3 Å². The molecular formula is C38H37N5O5. The maximum absolute atomic E-state index is 14.4. The van der Waals surface area contributed by atoms with Gasteiger partial charge in [-0.2, -0.15) is 0 Å². The molecule has 7 N–H and O–H groups in total. The van der Waals surface area contributed by atoms with Crippen molar-refractivity contribution >= 4 is 39.6 Å². The van der Waals surface area contributed by atoms with E-state index in [-0.39, 0.29) is 31.6 Å². The third-order valence-corrected chi connectivity index (χ3v) is 8.51. The number of nitrogens with zero attached hydrogens (tertiary/aromatic N) is 1. The van der Waals surface area contributed by atoms with E-state index in [1.807, 2.05) is 78.9 Å². The second kappa shape index (κ2) is 14.4. The van der Waals surface area contributed by atoms with Crippen LogP contribution in [-0.4, -0.2) is 55.9 Å². The van der Waals surface area contributed by atoms with Crippen LogP contribution >= 0.6 is 0 Å². The number of rotatable bonds is 12. The highest BCUT2D eigenvalue weighted by molar-refractivity contribution is 6.04. The number of carbonyl (C=O) groups is 3. The lowest BCUT2D eigenvalue weighted by Gasteiger charge is -2.32. The number of hydrogen-bond acceptors (Lipinski definition) is 7. The third kappa shape index (κ3) is 7.15. The zero-order valence-electron chi connectivity index (χ0n) is 26.2. The molecule has 6 rings (SSSR count). The molecule has 0 saturated carbocycles. The van der Waals surface area contributed by atoms with Crippen molar-refractivity contribution in [2.75, 3.05) is 0 Å². The van der Waals surface area contributed by atoms with Crippen LogP contribution < -0.4 is 11.5 Å². The van der Waals surface area contributed by atoms with Gasteiger partial charge in [-0.15, -0.1) is 0 Å². The lowest BCUT2D eigenvalue weighted by molar-refractivity contribution is -0.163. The number of H-pyrrole nitrogens is 2. The van der Waals surface area contributed by atoms with E-state index in [0.717, 1.165) is 43.4 Å². The Kier molecular flexibility index (Phi) is 9.65. The van der Waals surface area contributed by atoms with Gasteiger partial charge in [-0.05, 0) is 59.4 Å². The van der Waals surface area contributed by atoms with Crippen molar-refractivity contribution in [2.45, 2.75) is 44.0 Å². The summed E-state index contributed by atoms with van der Waals surface area (Å²) >= 11 is 0. The minimum Gasteiger partial charge on any atom is -0.508 e. The average Bonchev–Trinajstić information content (AvgIpc) is 3.72. The first kappa shape index (κ1) is 32.2. The molecule has 3 atom stereocenters. The van der Waals surface area contributed by atoms with Crippen LogP contribution in [0.4, 0.5) is 0 Å². The summed E-state index contributed by atoms with van der Waals surface area (Å²) in [5.41, 5.74) is 17.8. The van der Waals surface area contributed by atoms with Gasteiger partial charge in [-0.25, -0.2) is 4.79 Å². The minimum absolute atomic E-state index is 0.0347. The number of imide groups is 1. The molecule has 2 heterocycles. The molecule has 0 spiro atoms. The summed E-state index contributed by atoms with van der Waals surface area (Å²) in [5, 5.41) is 11.7. The van der Waals surface area contributed by atoms with Gasteiger partial charge in [0.1, 0.15) is 18.4 Å². The van der Waals surface area contributed by atoms with Crippen molar-refractivity contribution in [1.82, 2.24) is 14.9 Å². The average molecular weight is 644 g/mol. The molecule has 2 amide bonds. The maximum atomic E-state index is 14.4. The SMILES string of the molecule is N[C@@H](Cc1c[nH]c2ccccc12)C(=O)N(C(=O)[C@@H](N)Cc1c[nH]c2ccccc12)[C@@H](Cc1ccc(O)cc1)C(=O)OCc1ccccc1. The predicted molar refractivity (Wildman–Crippen MR) is 184 cm³/mol. The fraction of sp³-hybridized carbons (Fsp3) is 0.184. The Hall–Kier alpha value is -5.71. The monoisotopic (exact) mass is 643 g/mol. The van der Waals surface area contributed by atoms with Crippen molar-refractivity contribution in [3.8, 4) is 5.75 Å². The number of aromatic nitrogens is 2. The number of nitrogens with one attached hydrogen (secondary N) is 2. The van der Waals surface area contributed by atoms with Gasteiger partial charge in [-0.1, -0.05) is 78.9 Å². The van der Waals surface area contributed by atoms with Crippen LogP contribution in [0, 0.1) is 0 Å². The van der Waals surface area contributed by atoms with Gasteiger partial charge in [0.2, 0.25) is 11.8 Å². The Morgan fingerprint density at radius 2 is 1.15 bits per heavy atom. The Balaban J connectivity index is 1.34. The number of benzene rings is 4. The maximum Gasteiger partial charge on any atom is 0.330 e. The second-order valence-electron chi connectivity index (χ2n) is 11.9. The number of aromatic hydroxyl groups is 1. The molecule has 244 valence electrons. The fourth-order valence-corrected chi connectivity index (χ4v) is 5.98. The number of amides is 2. The summed E-state index contributed by atoms with van der Waals surface area (Å²) in [6, 6.07) is 26.8. The number of nitrogens with two attached hydrogens (primary N) is 2. The number of esters is 1. The molecule has 0 unspecified atom stereocenters. The normalized spacial score (nSPS) is 13.2. The molecule has 0 fully saturated rings. The van der Waals surface area contributed by atoms with Crippen LogP contribution in [0.25, 0.3) is 21.8 Å². The van der Waals surface area contributed by atoms with Crippen LogP contribution in [0.5, 0.6) is 5.75 Å². The highest BCUT2D eigenvalue weighted by Crippen LogP contribution is 2.23. The number of hydrogen-bond donors (Lipinski definition) is 5. The van der Waals surface area contributed by atoms with E-state index in [1.54, 1.807) is 24.5 Å². The molecular weight excluding hydrogens is 606 g/mol. The molecule has 10 nitrogen and oxygen atoms in total. The van der Waals surface area contributed by atoms with Crippen LogP contribution in [0.15, 0.2) is 116 Å². The summed E-state index contributed by atoms with van der Waals surface area (Å²) in [4.78, 5) is 50.0. The van der Waals surface area contributed by atoms with Crippen LogP contribution in [-0.2, 0) is 45.0 Å². The number of carbonyl (C=O) groups excluding carboxylic acids is 3. The second-order valence-corrected chi connectivity index (χ2v) is 11.9. The smallest absolute Gasteiger partial charge is 0.330 e. The topological polar surface area (TPSA) is 168 Å². The van der Waals surface area contributed by atoms with Crippen LogP contribution in [0.3, 0.4) is 0 Å². The molecule has 0 aliphatic heterocycles. The number of aromatic amines is 2. The minimum atomic E-state index is -1.39. The molecule has 0 saturated heterocycles. The highest BCUT2D eigenvalue weighted by atomic mass is 16.5. The van der Waals surface area contributed by atoms with Gasteiger partial charge in [0, 0.05) is 40.6 Å². The fourth-order valence-electron chi connectivity index (χ4n) is 5.98. The quantitative estimate of drug-likeness (QED) is 0.122. The molecule has 0 aliphatic rings. The lowest BCUT2D eigenvalue weighted by Crippen LogP contribution is -2.59. The first-order valence-electron chi connectivity index (χ1n) is 15.7. The van der Waals surface area contributed by atoms with E-state index < -0.39 is 35.9 Å². The zero-order valence-corrected chi connectivity index (χ0v) is 26.2. The van der Waals surface area contributed by atoms with Gasteiger partial charge in [0.15, 0.2) is 0 Å². The number of para-hydroxylation sites is 2. The lowest BCUT2D eigenvalue weighted by atomic mass is 9.98. The molecule has 10 heteroatoms. The number of ether oxygens (including phenoxy) is 1. The standard InChI is InChI=1S/C38H37N5O5/c39-31(19-26-21-41-33-12-6-4-10-29(26)33)36(45)43(37(46)32(40)20-27-22-42-34-13-7-5-11-30(27)34)35(18-24-14-16-28(44)17-15-24)38(47)48-23-25-8-2-1-3-9-25/h1-17,21-22,31-32,35,41-42,44H,18-20,23,39-40H2/t31-,32-,35-/m0/s1. The first-order chi connectivity index (χ1) is 23.3. The van der Waals surface area contributed by atoms with Gasteiger partial charge < -0.3 is 31.3 Å². The third-order valence-electron chi connectivity index (χ3n) is 8.51. The number of phenolic OH excluding ortho intramolecular Hbond substituents is 1. The van der Waals surface area contributed by atoms with E-state index in [2.05, 4.69) is 9.97 Å². The summed E-state index contributed by atoms with van der Waals surface area (Å²) in [5.74, 6) is -2.25. The van der Waals surface area contributed by atoms with E-state index in [4.69, 9.17) is 16.2 Å². The van der Waals surface area contributed by atoms with Crippen molar-refractivity contribution in [3.05, 3.63) is 138 Å². The largest absolute Gasteiger partial charge is 0.508 e. The Labute approximate surface area is 277 Å². The summed E-state index contributed by atoms with van der Waals surface area (Å²) in [6.07, 6.45) is 3.71. The van der Waals surface area contributed by atoms with Gasteiger partial charge >= 0.3 is 5.97 Å². The molecule has 4 aromatic carbocycles. The first-order valence-corrected chi connectivity index (χ1v) is 15.7. The van der Waals surface area contributed by atoms with Gasteiger partial charge in [0.25, 0.3) is 0 Å². The van der Waals surface area contributed by atoms with Crippen LogP contribution in [0.2, 0.25) is 0 Å². The van der Waals surface area contributed by atoms with E-state index in [1.165, 1.54) is 12.1 Å². The van der Waals surface area contributed by atoms with Gasteiger partial charge in [-0.3, -0.25) is 14.5 Å². The van der Waals surface area contributed by atoms with E-state index in [9.17, 15) is 19.5 Å². The molecule has 0 aliphatic carbocycles. The predicted octanol–water partition coefficient (Wildman–Crippen LogP) is 4.50. The zero-order chi connectivity index (χ0) is 33.6. The summed E-state index contributed by atoms with van der Waals surface area (Å²) in [6.45, 7) is -0.0647.